The van der Waals surface area contributed by atoms with Crippen molar-refractivity contribution in [2.24, 2.45) is 0 Å². The van der Waals surface area contributed by atoms with Gasteiger partial charge in [-0.3, -0.25) is 0 Å². The van der Waals surface area contributed by atoms with E-state index in [0.717, 1.165) is 12.8 Å². The molecule has 0 aliphatic rings. The van der Waals surface area contributed by atoms with Crippen molar-refractivity contribution in [1.29, 1.82) is 0 Å². The van der Waals surface area contributed by atoms with Crippen molar-refractivity contribution in [1.82, 2.24) is 0 Å². The van der Waals surface area contributed by atoms with Crippen LogP contribution in [0.4, 0.5) is 0 Å². The number of allylic oxidation sites excluding steroid dienone is 1. The molecule has 0 nitrogen and oxygen atoms in total. The Kier molecular flexibility index (Phi) is 3.59. The lowest BCUT2D eigenvalue weighted by Crippen LogP contribution is -1.78. The molecule has 0 bridgehead atoms. The van der Waals surface area contributed by atoms with Crippen LogP contribution in [0.2, 0.25) is 0 Å². The highest BCUT2D eigenvalue weighted by Gasteiger charge is 1.87. The summed E-state index contributed by atoms with van der Waals surface area (Å²) >= 11 is 0. The van der Waals surface area contributed by atoms with Crippen molar-refractivity contribution < 1.29 is 0 Å². The Morgan fingerprint density at radius 2 is 1.75 bits per heavy atom. The van der Waals surface area contributed by atoms with Gasteiger partial charge in [-0.2, -0.15) is 0 Å². The van der Waals surface area contributed by atoms with Gasteiger partial charge < -0.3 is 0 Å². The first-order chi connectivity index (χ1) is 5.86. The molecule has 0 atom stereocenters. The van der Waals surface area contributed by atoms with Gasteiger partial charge in [-0.25, -0.2) is 0 Å². The zero-order valence-electron chi connectivity index (χ0n) is 7.88. The summed E-state index contributed by atoms with van der Waals surface area (Å²) in [6.45, 7) is 4.33. The van der Waals surface area contributed by atoms with E-state index in [9.17, 15) is 0 Å². The standard InChI is InChI=1S/C12H16/c1-3-5-6-12-9-7-11(4-2)8-10-12/h5-10H,3-4H2,1-2H3. The summed E-state index contributed by atoms with van der Waals surface area (Å²) < 4.78 is 0. The van der Waals surface area contributed by atoms with Crippen LogP contribution in [0.5, 0.6) is 0 Å². The molecule has 0 N–H and O–H groups in total. The van der Waals surface area contributed by atoms with Gasteiger partial charge in [-0.05, 0) is 24.0 Å². The quantitative estimate of drug-likeness (QED) is 0.633. The lowest BCUT2D eigenvalue weighted by atomic mass is 10.1. The zero-order valence-corrected chi connectivity index (χ0v) is 7.88. The van der Waals surface area contributed by atoms with E-state index in [0.29, 0.717) is 0 Å². The molecule has 1 rings (SSSR count). The van der Waals surface area contributed by atoms with E-state index in [2.05, 4.69) is 50.3 Å². The Bertz CT molecular complexity index is 241. The van der Waals surface area contributed by atoms with Crippen molar-refractivity contribution >= 4 is 6.08 Å². The predicted octanol–water partition coefficient (Wildman–Crippen LogP) is 3.67. The maximum absolute atomic E-state index is 2.19. The van der Waals surface area contributed by atoms with Gasteiger partial charge in [0.2, 0.25) is 0 Å². The minimum atomic E-state index is 1.11. The largest absolute Gasteiger partial charge is 0.0842 e. The summed E-state index contributed by atoms with van der Waals surface area (Å²) in [5, 5.41) is 0. The van der Waals surface area contributed by atoms with Crippen LogP contribution in [-0.2, 0) is 6.42 Å². The zero-order chi connectivity index (χ0) is 8.81. The lowest BCUT2D eigenvalue weighted by molar-refractivity contribution is 1.14. The first kappa shape index (κ1) is 9.05. The van der Waals surface area contributed by atoms with E-state index in [-0.39, 0.29) is 0 Å². The van der Waals surface area contributed by atoms with Crippen molar-refractivity contribution in [2.45, 2.75) is 26.7 Å². The average molecular weight is 160 g/mol. The molecule has 0 aromatic heterocycles. The Hall–Kier alpha value is -1.04. The number of hydrogen-bond donors (Lipinski definition) is 0. The molecule has 1 aromatic rings. The fraction of sp³-hybridized carbons (Fsp3) is 0.333. The summed E-state index contributed by atoms with van der Waals surface area (Å²) in [5.74, 6) is 0. The highest BCUT2D eigenvalue weighted by molar-refractivity contribution is 5.49. The SMILES string of the molecule is CCC=Cc1ccc(CC)cc1. The Morgan fingerprint density at radius 3 is 2.25 bits per heavy atom. The molecule has 0 saturated carbocycles. The minimum absolute atomic E-state index is 1.11. The molecule has 1 aromatic carbocycles. The minimum Gasteiger partial charge on any atom is -0.0842 e. The highest BCUT2D eigenvalue weighted by Crippen LogP contribution is 2.06. The van der Waals surface area contributed by atoms with Gasteiger partial charge in [0.1, 0.15) is 0 Å². The number of rotatable bonds is 3. The first-order valence-electron chi connectivity index (χ1n) is 4.62. The Morgan fingerprint density at radius 1 is 1.08 bits per heavy atom. The topological polar surface area (TPSA) is 0 Å². The van der Waals surface area contributed by atoms with E-state index in [1.165, 1.54) is 11.1 Å². The molecule has 0 radical (unpaired) electrons. The molecule has 64 valence electrons. The average Bonchev–Trinajstić information content (AvgIpc) is 2.15. The van der Waals surface area contributed by atoms with Gasteiger partial charge in [0.25, 0.3) is 0 Å². The number of benzene rings is 1. The van der Waals surface area contributed by atoms with Crippen molar-refractivity contribution in [3.05, 3.63) is 41.5 Å². The summed E-state index contributed by atoms with van der Waals surface area (Å²) in [6.07, 6.45) is 6.58. The van der Waals surface area contributed by atoms with Crippen LogP contribution < -0.4 is 0 Å². The second kappa shape index (κ2) is 4.76. The van der Waals surface area contributed by atoms with E-state index in [4.69, 9.17) is 0 Å². The Labute approximate surface area is 74.9 Å². The third-order valence-electron chi connectivity index (χ3n) is 1.93. The molecule has 0 aliphatic heterocycles. The molecular weight excluding hydrogens is 144 g/mol. The third kappa shape index (κ3) is 2.54. The highest BCUT2D eigenvalue weighted by atomic mass is 13.9. The normalized spacial score (nSPS) is 10.8. The van der Waals surface area contributed by atoms with Crippen LogP contribution in [0, 0.1) is 0 Å². The van der Waals surface area contributed by atoms with Crippen molar-refractivity contribution in [3.8, 4) is 0 Å². The molecule has 12 heavy (non-hydrogen) atoms. The third-order valence-corrected chi connectivity index (χ3v) is 1.93. The molecule has 0 aliphatic carbocycles. The summed E-state index contributed by atoms with van der Waals surface area (Å²) in [4.78, 5) is 0. The van der Waals surface area contributed by atoms with Crippen LogP contribution >= 0.6 is 0 Å². The molecule has 0 heterocycles. The fourth-order valence-electron chi connectivity index (χ4n) is 1.12. The summed E-state index contributed by atoms with van der Waals surface area (Å²) in [5.41, 5.74) is 2.71. The fourth-order valence-corrected chi connectivity index (χ4v) is 1.12. The maximum atomic E-state index is 2.19. The van der Waals surface area contributed by atoms with Crippen LogP contribution in [0.25, 0.3) is 6.08 Å². The van der Waals surface area contributed by atoms with Gasteiger partial charge in [-0.15, -0.1) is 0 Å². The lowest BCUT2D eigenvalue weighted by Gasteiger charge is -1.96. The molecule has 0 fully saturated rings. The number of hydrogen-bond acceptors (Lipinski definition) is 0. The van der Waals surface area contributed by atoms with Gasteiger partial charge in [-0.1, -0.05) is 50.3 Å². The monoisotopic (exact) mass is 160 g/mol. The van der Waals surface area contributed by atoms with Gasteiger partial charge in [0.05, 0.1) is 0 Å². The molecule has 0 spiro atoms. The number of aryl methyl sites for hydroxylation is 1. The van der Waals surface area contributed by atoms with E-state index in [1.54, 1.807) is 0 Å². The van der Waals surface area contributed by atoms with Crippen LogP contribution in [-0.4, -0.2) is 0 Å². The first-order valence-corrected chi connectivity index (χ1v) is 4.62. The molecule has 0 unspecified atom stereocenters. The van der Waals surface area contributed by atoms with Crippen molar-refractivity contribution in [2.75, 3.05) is 0 Å². The Balaban J connectivity index is 2.71. The van der Waals surface area contributed by atoms with E-state index in [1.807, 2.05) is 0 Å². The molecule has 0 saturated heterocycles. The van der Waals surface area contributed by atoms with Crippen LogP contribution in [0.1, 0.15) is 31.4 Å². The molecule has 0 heteroatoms. The van der Waals surface area contributed by atoms with E-state index < -0.39 is 0 Å². The second-order valence-electron chi connectivity index (χ2n) is 2.91. The molecule has 0 amide bonds. The second-order valence-corrected chi connectivity index (χ2v) is 2.91. The summed E-state index contributed by atoms with van der Waals surface area (Å²) in [6, 6.07) is 8.72. The van der Waals surface area contributed by atoms with Crippen molar-refractivity contribution in [3.63, 3.8) is 0 Å². The van der Waals surface area contributed by atoms with Gasteiger partial charge in [0, 0.05) is 0 Å². The van der Waals surface area contributed by atoms with Gasteiger partial charge >= 0.3 is 0 Å². The predicted molar refractivity (Wildman–Crippen MR) is 55.1 cm³/mol. The van der Waals surface area contributed by atoms with E-state index >= 15 is 0 Å². The van der Waals surface area contributed by atoms with Crippen LogP contribution in [0.15, 0.2) is 30.3 Å². The summed E-state index contributed by atoms with van der Waals surface area (Å²) in [7, 11) is 0. The van der Waals surface area contributed by atoms with Crippen LogP contribution in [0.3, 0.4) is 0 Å². The smallest absolute Gasteiger partial charge is 0.0260 e. The molecular formula is C12H16. The van der Waals surface area contributed by atoms with Gasteiger partial charge in [0.15, 0.2) is 0 Å². The maximum Gasteiger partial charge on any atom is -0.0260 e.